The van der Waals surface area contributed by atoms with E-state index in [1.165, 1.54) is 5.56 Å². The zero-order chi connectivity index (χ0) is 13.0. The zero-order valence-electron chi connectivity index (χ0n) is 11.2. The predicted octanol–water partition coefficient (Wildman–Crippen LogP) is 3.43. The van der Waals surface area contributed by atoms with Gasteiger partial charge in [0.05, 0.1) is 0 Å². The van der Waals surface area contributed by atoms with E-state index in [2.05, 4.69) is 72.9 Å². The average molecular weight is 299 g/mol. The van der Waals surface area contributed by atoms with E-state index in [0.29, 0.717) is 5.92 Å². The minimum absolute atomic E-state index is 0.125. The molecule has 0 aliphatic rings. The van der Waals surface area contributed by atoms with Crippen LogP contribution in [0.1, 0.15) is 32.4 Å². The maximum Gasteiger partial charge on any atom is 0.0493 e. The van der Waals surface area contributed by atoms with Crippen molar-refractivity contribution in [2.75, 3.05) is 13.6 Å². The van der Waals surface area contributed by atoms with Crippen molar-refractivity contribution in [2.24, 2.45) is 11.7 Å². The number of likely N-dealkylation sites (N-methyl/N-ethyl adjacent to an activating group) is 1. The summed E-state index contributed by atoms with van der Waals surface area (Å²) in [5.74, 6) is 0.650. The second-order valence-electron chi connectivity index (χ2n) is 5.19. The van der Waals surface area contributed by atoms with Gasteiger partial charge in [0, 0.05) is 23.1 Å². The van der Waals surface area contributed by atoms with Gasteiger partial charge in [0.1, 0.15) is 0 Å². The molecule has 0 saturated carbocycles. The van der Waals surface area contributed by atoms with Gasteiger partial charge in [-0.2, -0.15) is 0 Å². The minimum Gasteiger partial charge on any atom is -0.326 e. The van der Waals surface area contributed by atoms with Crippen LogP contribution in [0.15, 0.2) is 28.7 Å². The van der Waals surface area contributed by atoms with Gasteiger partial charge >= 0.3 is 0 Å². The normalized spacial score (nSPS) is 15.3. The molecule has 1 aromatic rings. The fourth-order valence-corrected chi connectivity index (χ4v) is 2.57. The summed E-state index contributed by atoms with van der Waals surface area (Å²) in [6, 6.07) is 8.86. The van der Waals surface area contributed by atoms with Crippen LogP contribution in [0.4, 0.5) is 0 Å². The van der Waals surface area contributed by atoms with E-state index in [1.807, 2.05) is 0 Å². The molecular weight excluding hydrogens is 276 g/mol. The molecule has 0 aliphatic heterocycles. The fraction of sp³-hybridized carbons (Fsp3) is 0.571. The molecule has 2 N–H and O–H groups in total. The summed E-state index contributed by atoms with van der Waals surface area (Å²) >= 11 is 3.46. The van der Waals surface area contributed by atoms with E-state index in [1.54, 1.807) is 0 Å². The second-order valence-corrected chi connectivity index (χ2v) is 6.10. The van der Waals surface area contributed by atoms with Gasteiger partial charge in [-0.05, 0) is 37.6 Å². The summed E-state index contributed by atoms with van der Waals surface area (Å²) in [5.41, 5.74) is 7.41. The van der Waals surface area contributed by atoms with Crippen LogP contribution in [0, 0.1) is 5.92 Å². The number of hydrogen-bond acceptors (Lipinski definition) is 2. The predicted molar refractivity (Wildman–Crippen MR) is 78.0 cm³/mol. The summed E-state index contributed by atoms with van der Waals surface area (Å²) < 4.78 is 1.11. The molecule has 17 heavy (non-hydrogen) atoms. The molecule has 0 aliphatic carbocycles. The Labute approximate surface area is 113 Å². The second kappa shape index (κ2) is 6.53. The molecule has 1 aromatic carbocycles. The lowest BCUT2D eigenvalue weighted by Gasteiger charge is -2.32. The lowest BCUT2D eigenvalue weighted by molar-refractivity contribution is 0.197. The topological polar surface area (TPSA) is 29.3 Å². The molecule has 0 aromatic heterocycles. The van der Waals surface area contributed by atoms with Crippen LogP contribution in [-0.4, -0.2) is 24.5 Å². The third-order valence-corrected chi connectivity index (χ3v) is 3.37. The average Bonchev–Trinajstić information content (AvgIpc) is 2.19. The molecule has 3 heteroatoms. The fourth-order valence-electron chi connectivity index (χ4n) is 2.31. The van der Waals surface area contributed by atoms with Crippen molar-refractivity contribution >= 4 is 15.9 Å². The van der Waals surface area contributed by atoms with Gasteiger partial charge in [-0.15, -0.1) is 0 Å². The van der Waals surface area contributed by atoms with E-state index in [9.17, 15) is 0 Å². The maximum atomic E-state index is 6.13. The lowest BCUT2D eigenvalue weighted by atomic mass is 9.99. The molecule has 0 saturated heterocycles. The van der Waals surface area contributed by atoms with Crippen LogP contribution in [0.3, 0.4) is 0 Å². The third kappa shape index (κ3) is 4.41. The van der Waals surface area contributed by atoms with Gasteiger partial charge in [-0.3, -0.25) is 4.90 Å². The SMILES string of the molecule is CC(C)CN(C)C(c1ccc(Br)cc1)C(C)N. The van der Waals surface area contributed by atoms with Gasteiger partial charge in [0.15, 0.2) is 0 Å². The molecule has 2 unspecified atom stereocenters. The Morgan fingerprint density at radius 3 is 2.12 bits per heavy atom. The number of rotatable bonds is 5. The van der Waals surface area contributed by atoms with Crippen LogP contribution in [0.5, 0.6) is 0 Å². The highest BCUT2D eigenvalue weighted by Gasteiger charge is 2.21. The van der Waals surface area contributed by atoms with Crippen LogP contribution in [0.25, 0.3) is 0 Å². The smallest absolute Gasteiger partial charge is 0.0493 e. The van der Waals surface area contributed by atoms with Crippen molar-refractivity contribution in [2.45, 2.75) is 32.9 Å². The Kier molecular flexibility index (Phi) is 5.63. The van der Waals surface area contributed by atoms with Gasteiger partial charge < -0.3 is 5.73 Å². The molecule has 0 spiro atoms. The summed E-state index contributed by atoms with van der Waals surface area (Å²) in [6.07, 6.45) is 0. The van der Waals surface area contributed by atoms with Gasteiger partial charge in [0.2, 0.25) is 0 Å². The summed E-state index contributed by atoms with van der Waals surface area (Å²) in [6.45, 7) is 7.60. The Morgan fingerprint density at radius 1 is 1.18 bits per heavy atom. The highest BCUT2D eigenvalue weighted by Crippen LogP contribution is 2.24. The largest absolute Gasteiger partial charge is 0.326 e. The molecule has 0 amide bonds. The first-order valence-corrected chi connectivity index (χ1v) is 6.92. The summed E-state index contributed by atoms with van der Waals surface area (Å²) in [7, 11) is 2.15. The van der Waals surface area contributed by atoms with Gasteiger partial charge in [0.25, 0.3) is 0 Å². The lowest BCUT2D eigenvalue weighted by Crippen LogP contribution is -2.38. The molecule has 0 radical (unpaired) electrons. The number of hydrogen-bond donors (Lipinski definition) is 1. The molecule has 1 rings (SSSR count). The Balaban J connectivity index is 2.89. The monoisotopic (exact) mass is 298 g/mol. The van der Waals surface area contributed by atoms with Crippen LogP contribution < -0.4 is 5.73 Å². The highest BCUT2D eigenvalue weighted by molar-refractivity contribution is 9.10. The third-order valence-electron chi connectivity index (χ3n) is 2.84. The minimum atomic E-state index is 0.125. The van der Waals surface area contributed by atoms with E-state index in [0.717, 1.165) is 11.0 Å². The van der Waals surface area contributed by atoms with Crippen LogP contribution in [-0.2, 0) is 0 Å². The molecule has 0 bridgehead atoms. The Hall–Kier alpha value is -0.380. The Morgan fingerprint density at radius 2 is 1.71 bits per heavy atom. The molecule has 2 atom stereocenters. The van der Waals surface area contributed by atoms with Crippen molar-refractivity contribution in [3.8, 4) is 0 Å². The first kappa shape index (κ1) is 14.7. The number of nitrogens with zero attached hydrogens (tertiary/aromatic N) is 1. The Bertz CT molecular complexity index is 333. The van der Waals surface area contributed by atoms with E-state index in [-0.39, 0.29) is 12.1 Å². The van der Waals surface area contributed by atoms with Crippen molar-refractivity contribution in [3.05, 3.63) is 34.3 Å². The molecule has 0 fully saturated rings. The highest BCUT2D eigenvalue weighted by atomic mass is 79.9. The van der Waals surface area contributed by atoms with E-state index < -0.39 is 0 Å². The number of nitrogens with two attached hydrogens (primary N) is 1. The molecule has 0 heterocycles. The van der Waals surface area contributed by atoms with Crippen molar-refractivity contribution in [3.63, 3.8) is 0 Å². The molecule has 2 nitrogen and oxygen atoms in total. The van der Waals surface area contributed by atoms with E-state index >= 15 is 0 Å². The van der Waals surface area contributed by atoms with Crippen molar-refractivity contribution < 1.29 is 0 Å². The first-order chi connectivity index (χ1) is 7.91. The first-order valence-electron chi connectivity index (χ1n) is 6.13. The maximum absolute atomic E-state index is 6.13. The van der Waals surface area contributed by atoms with Gasteiger partial charge in [-0.1, -0.05) is 41.9 Å². The standard InChI is InChI=1S/C14H23BrN2/c1-10(2)9-17(4)14(11(3)16)12-5-7-13(15)8-6-12/h5-8,10-11,14H,9,16H2,1-4H3. The summed E-state index contributed by atoms with van der Waals surface area (Å²) in [4.78, 5) is 2.35. The van der Waals surface area contributed by atoms with E-state index in [4.69, 9.17) is 5.73 Å². The van der Waals surface area contributed by atoms with Crippen LogP contribution in [0.2, 0.25) is 0 Å². The summed E-state index contributed by atoms with van der Waals surface area (Å²) in [5, 5.41) is 0. The molecule has 96 valence electrons. The zero-order valence-corrected chi connectivity index (χ0v) is 12.7. The van der Waals surface area contributed by atoms with Gasteiger partial charge in [-0.25, -0.2) is 0 Å². The quantitative estimate of drug-likeness (QED) is 0.902. The van der Waals surface area contributed by atoms with Crippen molar-refractivity contribution in [1.82, 2.24) is 4.90 Å². The number of benzene rings is 1. The number of halogens is 1. The van der Waals surface area contributed by atoms with Crippen LogP contribution >= 0.6 is 15.9 Å². The molecular formula is C14H23BrN2. The van der Waals surface area contributed by atoms with Crippen molar-refractivity contribution in [1.29, 1.82) is 0 Å².